The van der Waals surface area contributed by atoms with Gasteiger partial charge in [-0.05, 0) is 108 Å². The van der Waals surface area contributed by atoms with E-state index in [1.54, 1.807) is 0 Å². The van der Waals surface area contributed by atoms with Gasteiger partial charge in [-0.2, -0.15) is 0 Å². The van der Waals surface area contributed by atoms with Crippen molar-refractivity contribution >= 4 is 0 Å². The van der Waals surface area contributed by atoms with Crippen molar-refractivity contribution < 1.29 is 0 Å². The summed E-state index contributed by atoms with van der Waals surface area (Å²) in [5.74, 6) is 0. The Morgan fingerprint density at radius 2 is 0.920 bits per heavy atom. The molecule has 1 atom stereocenters. The molecule has 152 valence electrons. The first-order chi connectivity index (χ1) is 11.6. The summed E-state index contributed by atoms with van der Waals surface area (Å²) in [5, 5.41) is 0. The normalized spacial score (nSPS) is 14.3. The average Bonchev–Trinajstić information content (AvgIpc) is 2.51. The van der Waals surface area contributed by atoms with Gasteiger partial charge in [0.25, 0.3) is 0 Å². The zero-order chi connectivity index (χ0) is 19.6. The van der Waals surface area contributed by atoms with E-state index in [-0.39, 0.29) is 0 Å². The zero-order valence-electron chi connectivity index (χ0n) is 19.2. The molecule has 3 nitrogen and oxygen atoms in total. The molecule has 0 rings (SSSR count). The quantitative estimate of drug-likeness (QED) is 0.429. The number of hydrogen-bond donors (Lipinski definition) is 0. The van der Waals surface area contributed by atoms with Crippen LogP contribution < -0.4 is 0 Å². The van der Waals surface area contributed by atoms with Crippen LogP contribution in [0.2, 0.25) is 0 Å². The van der Waals surface area contributed by atoms with Gasteiger partial charge in [0.2, 0.25) is 0 Å². The number of hydrogen-bond acceptors (Lipinski definition) is 3. The van der Waals surface area contributed by atoms with Crippen LogP contribution in [0.4, 0.5) is 0 Å². The van der Waals surface area contributed by atoms with Crippen LogP contribution in [0.1, 0.15) is 88.5 Å². The summed E-state index contributed by atoms with van der Waals surface area (Å²) in [6.45, 7) is 28.2. The lowest BCUT2D eigenvalue weighted by atomic mass is 10.1. The highest BCUT2D eigenvalue weighted by atomic mass is 15.2. The van der Waals surface area contributed by atoms with E-state index in [9.17, 15) is 0 Å². The predicted octanol–water partition coefficient (Wildman–Crippen LogP) is 5.10. The molecule has 25 heavy (non-hydrogen) atoms. The Bertz CT molecular complexity index is 304. The van der Waals surface area contributed by atoms with Gasteiger partial charge >= 0.3 is 0 Å². The van der Waals surface area contributed by atoms with Crippen LogP contribution in [0.15, 0.2) is 0 Å². The molecule has 0 radical (unpaired) electrons. The molecule has 0 N–H and O–H groups in total. The van der Waals surface area contributed by atoms with E-state index in [0.29, 0.717) is 30.2 Å². The van der Waals surface area contributed by atoms with Crippen molar-refractivity contribution in [2.24, 2.45) is 0 Å². The van der Waals surface area contributed by atoms with Crippen LogP contribution in [0.5, 0.6) is 0 Å². The molecule has 0 amide bonds. The summed E-state index contributed by atoms with van der Waals surface area (Å²) >= 11 is 0. The van der Waals surface area contributed by atoms with Gasteiger partial charge in [-0.15, -0.1) is 0 Å². The molecule has 0 saturated carbocycles. The molecular formula is C22H49N3. The third-order valence-electron chi connectivity index (χ3n) is 5.60. The lowest BCUT2D eigenvalue weighted by Gasteiger charge is -2.34. The fourth-order valence-corrected chi connectivity index (χ4v) is 3.88. The van der Waals surface area contributed by atoms with Gasteiger partial charge in [-0.25, -0.2) is 0 Å². The fraction of sp³-hybridized carbons (Fsp3) is 1.00. The minimum absolute atomic E-state index is 0.641. The Morgan fingerprint density at radius 3 is 1.24 bits per heavy atom. The van der Waals surface area contributed by atoms with Crippen LogP contribution in [0.3, 0.4) is 0 Å². The van der Waals surface area contributed by atoms with Crippen LogP contribution >= 0.6 is 0 Å². The van der Waals surface area contributed by atoms with Gasteiger partial charge in [0.1, 0.15) is 0 Å². The van der Waals surface area contributed by atoms with E-state index in [1.807, 2.05) is 0 Å². The van der Waals surface area contributed by atoms with Crippen LogP contribution in [0.25, 0.3) is 0 Å². The standard InChI is InChI=1S/C22H49N3/c1-11-22(10)25(21(8)9)17-13-15-23(18(2)3)14-12-16-24(19(4)5)20(6)7/h18-22H,11-17H2,1-10H3. The van der Waals surface area contributed by atoms with Crippen molar-refractivity contribution in [3.05, 3.63) is 0 Å². The van der Waals surface area contributed by atoms with Crippen LogP contribution in [-0.4, -0.2) is 71.1 Å². The van der Waals surface area contributed by atoms with E-state index in [1.165, 1.54) is 45.4 Å². The molecule has 0 aromatic carbocycles. The Kier molecular flexibility index (Phi) is 13.0. The SMILES string of the molecule is CCC(C)N(CCCN(CCCN(C(C)C)C(C)C)C(C)C)C(C)C. The van der Waals surface area contributed by atoms with E-state index < -0.39 is 0 Å². The van der Waals surface area contributed by atoms with E-state index in [2.05, 4.69) is 83.9 Å². The molecule has 0 aromatic rings. The maximum atomic E-state index is 2.67. The zero-order valence-corrected chi connectivity index (χ0v) is 19.2. The van der Waals surface area contributed by atoms with Gasteiger partial charge in [-0.1, -0.05) is 6.92 Å². The molecule has 1 unspecified atom stereocenters. The molecule has 0 fully saturated rings. The largest absolute Gasteiger partial charge is 0.301 e. The van der Waals surface area contributed by atoms with Crippen molar-refractivity contribution in [1.82, 2.24) is 14.7 Å². The summed E-state index contributed by atoms with van der Waals surface area (Å²) in [7, 11) is 0. The average molecular weight is 356 g/mol. The third kappa shape index (κ3) is 9.96. The number of rotatable bonds is 14. The molecule has 3 heteroatoms. The minimum atomic E-state index is 0.641. The minimum Gasteiger partial charge on any atom is -0.301 e. The topological polar surface area (TPSA) is 9.72 Å². The summed E-state index contributed by atoms with van der Waals surface area (Å²) in [5.41, 5.74) is 0. The first kappa shape index (κ1) is 24.9. The molecule has 0 aromatic heterocycles. The predicted molar refractivity (Wildman–Crippen MR) is 115 cm³/mol. The van der Waals surface area contributed by atoms with E-state index in [4.69, 9.17) is 0 Å². The fourth-order valence-electron chi connectivity index (χ4n) is 3.88. The lowest BCUT2D eigenvalue weighted by molar-refractivity contribution is 0.131. The van der Waals surface area contributed by atoms with Gasteiger partial charge < -0.3 is 4.90 Å². The second kappa shape index (κ2) is 13.1. The highest BCUT2D eigenvalue weighted by molar-refractivity contribution is 4.73. The van der Waals surface area contributed by atoms with Crippen molar-refractivity contribution in [3.63, 3.8) is 0 Å². The summed E-state index contributed by atoms with van der Waals surface area (Å²) in [4.78, 5) is 7.95. The second-order valence-corrected chi connectivity index (χ2v) is 8.85. The molecule has 0 saturated heterocycles. The lowest BCUT2D eigenvalue weighted by Crippen LogP contribution is -2.42. The summed E-state index contributed by atoms with van der Waals surface area (Å²) < 4.78 is 0. The number of nitrogens with zero attached hydrogens (tertiary/aromatic N) is 3. The molecule has 0 aliphatic carbocycles. The van der Waals surface area contributed by atoms with Crippen molar-refractivity contribution in [2.45, 2.75) is 119 Å². The molecule has 0 spiro atoms. The highest BCUT2D eigenvalue weighted by Gasteiger charge is 2.17. The van der Waals surface area contributed by atoms with Crippen LogP contribution in [0, 0.1) is 0 Å². The Hall–Kier alpha value is -0.120. The Morgan fingerprint density at radius 1 is 0.520 bits per heavy atom. The smallest absolute Gasteiger partial charge is 0.00670 e. The summed E-state index contributed by atoms with van der Waals surface area (Å²) in [6.07, 6.45) is 3.79. The first-order valence-corrected chi connectivity index (χ1v) is 10.9. The van der Waals surface area contributed by atoms with Gasteiger partial charge in [0.05, 0.1) is 0 Å². The maximum absolute atomic E-state index is 2.67. The van der Waals surface area contributed by atoms with Crippen molar-refractivity contribution in [3.8, 4) is 0 Å². The second-order valence-electron chi connectivity index (χ2n) is 8.85. The Labute approximate surface area is 160 Å². The van der Waals surface area contributed by atoms with E-state index in [0.717, 1.165) is 0 Å². The van der Waals surface area contributed by atoms with Crippen molar-refractivity contribution in [1.29, 1.82) is 0 Å². The first-order valence-electron chi connectivity index (χ1n) is 10.9. The molecule has 0 aliphatic heterocycles. The summed E-state index contributed by atoms with van der Waals surface area (Å²) in [6, 6.07) is 3.26. The van der Waals surface area contributed by atoms with E-state index >= 15 is 0 Å². The van der Waals surface area contributed by atoms with Crippen molar-refractivity contribution in [2.75, 3.05) is 26.2 Å². The molecule has 0 heterocycles. The highest BCUT2D eigenvalue weighted by Crippen LogP contribution is 2.11. The van der Waals surface area contributed by atoms with Crippen LogP contribution in [-0.2, 0) is 0 Å². The monoisotopic (exact) mass is 355 g/mol. The molecule has 0 bridgehead atoms. The van der Waals surface area contributed by atoms with Gasteiger partial charge in [0, 0.05) is 30.2 Å². The third-order valence-corrected chi connectivity index (χ3v) is 5.60. The molecule has 0 aliphatic rings. The van der Waals surface area contributed by atoms with Gasteiger partial charge in [-0.3, -0.25) is 9.80 Å². The Balaban J connectivity index is 4.38. The maximum Gasteiger partial charge on any atom is 0.00670 e. The van der Waals surface area contributed by atoms with Gasteiger partial charge in [0.15, 0.2) is 0 Å². The molecular weight excluding hydrogens is 306 g/mol.